The number of hydrogen-bond acceptors (Lipinski definition) is 4. The van der Waals surface area contributed by atoms with E-state index in [2.05, 4.69) is 10.6 Å². The third-order valence-corrected chi connectivity index (χ3v) is 3.16. The van der Waals surface area contributed by atoms with E-state index in [1.807, 2.05) is 0 Å². The Labute approximate surface area is 107 Å². The summed E-state index contributed by atoms with van der Waals surface area (Å²) in [5, 5.41) is 6.11. The van der Waals surface area contributed by atoms with Gasteiger partial charge in [-0.15, -0.1) is 0 Å². The van der Waals surface area contributed by atoms with Crippen molar-refractivity contribution in [2.45, 2.75) is 12.8 Å². The fraction of sp³-hybridized carbons (Fsp3) is 0.462. The average molecular weight is 249 g/mol. The van der Waals surface area contributed by atoms with Crippen LogP contribution in [0, 0.1) is 5.92 Å². The normalized spacial score (nSPS) is 19.3. The summed E-state index contributed by atoms with van der Waals surface area (Å²) in [4.78, 5) is 12.0. The molecule has 1 aliphatic rings. The number of nitrogens with one attached hydrogen (secondary N) is 2. The van der Waals surface area contributed by atoms with Gasteiger partial charge in [-0.05, 0) is 37.6 Å². The fourth-order valence-electron chi connectivity index (χ4n) is 2.13. The molecule has 0 aliphatic carbocycles. The molecular weight excluding hydrogens is 230 g/mol. The van der Waals surface area contributed by atoms with Crippen LogP contribution < -0.4 is 21.1 Å². The van der Waals surface area contributed by atoms with Gasteiger partial charge in [0, 0.05) is 12.2 Å². The molecule has 1 amide bonds. The van der Waals surface area contributed by atoms with Crippen LogP contribution in [0.5, 0.6) is 5.75 Å². The molecule has 0 aromatic heterocycles. The summed E-state index contributed by atoms with van der Waals surface area (Å²) in [5.41, 5.74) is 7.03. The fourth-order valence-corrected chi connectivity index (χ4v) is 2.13. The summed E-state index contributed by atoms with van der Waals surface area (Å²) in [6.45, 7) is 1.75. The van der Waals surface area contributed by atoms with Crippen molar-refractivity contribution in [1.82, 2.24) is 5.32 Å². The van der Waals surface area contributed by atoms with Crippen LogP contribution in [0.2, 0.25) is 0 Å². The highest BCUT2D eigenvalue weighted by Crippen LogP contribution is 2.25. The molecule has 1 atom stereocenters. The largest absolute Gasteiger partial charge is 0.495 e. The zero-order valence-electron chi connectivity index (χ0n) is 10.5. The first-order valence-corrected chi connectivity index (χ1v) is 6.16. The number of rotatable bonds is 3. The van der Waals surface area contributed by atoms with Crippen molar-refractivity contribution >= 4 is 17.3 Å². The van der Waals surface area contributed by atoms with Crippen LogP contribution in [-0.4, -0.2) is 26.1 Å². The third-order valence-electron chi connectivity index (χ3n) is 3.16. The van der Waals surface area contributed by atoms with E-state index in [0.717, 1.165) is 25.9 Å². The molecule has 98 valence electrons. The van der Waals surface area contributed by atoms with E-state index in [4.69, 9.17) is 10.5 Å². The SMILES string of the molecule is COc1ccc(NC(=O)C2CCCNC2)cc1N. The Hall–Kier alpha value is -1.75. The quantitative estimate of drug-likeness (QED) is 0.704. The molecule has 0 saturated carbocycles. The Kier molecular flexibility index (Phi) is 4.04. The van der Waals surface area contributed by atoms with Crippen molar-refractivity contribution in [3.05, 3.63) is 18.2 Å². The van der Waals surface area contributed by atoms with Crippen molar-refractivity contribution < 1.29 is 9.53 Å². The summed E-state index contributed by atoms with van der Waals surface area (Å²) in [6, 6.07) is 5.26. The third kappa shape index (κ3) is 2.92. The first-order valence-electron chi connectivity index (χ1n) is 6.16. The Balaban J connectivity index is 2.00. The Morgan fingerprint density at radius 1 is 1.56 bits per heavy atom. The van der Waals surface area contributed by atoms with Crippen LogP contribution in [0.15, 0.2) is 18.2 Å². The lowest BCUT2D eigenvalue weighted by Crippen LogP contribution is -2.37. The maximum Gasteiger partial charge on any atom is 0.228 e. The molecule has 5 heteroatoms. The summed E-state index contributed by atoms with van der Waals surface area (Å²) in [6.07, 6.45) is 1.98. The van der Waals surface area contributed by atoms with Gasteiger partial charge >= 0.3 is 0 Å². The molecule has 1 fully saturated rings. The molecule has 5 nitrogen and oxygen atoms in total. The Morgan fingerprint density at radius 3 is 3.00 bits per heavy atom. The second-order valence-corrected chi connectivity index (χ2v) is 4.49. The smallest absolute Gasteiger partial charge is 0.228 e. The topological polar surface area (TPSA) is 76.4 Å². The summed E-state index contributed by atoms with van der Waals surface area (Å²) in [5.74, 6) is 0.709. The van der Waals surface area contributed by atoms with Crippen LogP contribution in [-0.2, 0) is 4.79 Å². The number of nitrogen functional groups attached to an aromatic ring is 1. The van der Waals surface area contributed by atoms with E-state index >= 15 is 0 Å². The number of hydrogen-bond donors (Lipinski definition) is 3. The number of ether oxygens (including phenoxy) is 1. The second kappa shape index (κ2) is 5.73. The van der Waals surface area contributed by atoms with Crippen molar-refractivity contribution in [3.63, 3.8) is 0 Å². The van der Waals surface area contributed by atoms with Gasteiger partial charge < -0.3 is 21.1 Å². The van der Waals surface area contributed by atoms with Crippen molar-refractivity contribution in [2.75, 3.05) is 31.2 Å². The van der Waals surface area contributed by atoms with Gasteiger partial charge in [-0.25, -0.2) is 0 Å². The van der Waals surface area contributed by atoms with Crippen molar-refractivity contribution in [1.29, 1.82) is 0 Å². The highest BCUT2D eigenvalue weighted by atomic mass is 16.5. The van der Waals surface area contributed by atoms with Crippen molar-refractivity contribution in [2.24, 2.45) is 5.92 Å². The summed E-state index contributed by atoms with van der Waals surface area (Å²) in [7, 11) is 1.57. The lowest BCUT2D eigenvalue weighted by molar-refractivity contribution is -0.120. The predicted octanol–water partition coefficient (Wildman–Crippen LogP) is 1.22. The minimum absolute atomic E-state index is 0.0436. The van der Waals surface area contributed by atoms with E-state index in [1.54, 1.807) is 25.3 Å². The molecule has 1 aromatic rings. The molecule has 1 aromatic carbocycles. The number of carbonyl (C=O) groups excluding carboxylic acids is 1. The van der Waals surface area contributed by atoms with Crippen LogP contribution in [0.1, 0.15) is 12.8 Å². The van der Waals surface area contributed by atoms with Gasteiger partial charge in [-0.1, -0.05) is 0 Å². The van der Waals surface area contributed by atoms with E-state index < -0.39 is 0 Å². The van der Waals surface area contributed by atoms with Crippen molar-refractivity contribution in [3.8, 4) is 5.75 Å². The molecule has 1 aliphatic heterocycles. The van der Waals surface area contributed by atoms with Gasteiger partial charge in [0.2, 0.25) is 5.91 Å². The summed E-state index contributed by atoms with van der Waals surface area (Å²) >= 11 is 0. The predicted molar refractivity (Wildman–Crippen MR) is 71.6 cm³/mol. The van der Waals surface area contributed by atoms with E-state index in [1.165, 1.54) is 0 Å². The number of anilines is 2. The van der Waals surface area contributed by atoms with E-state index in [9.17, 15) is 4.79 Å². The lowest BCUT2D eigenvalue weighted by atomic mass is 9.99. The molecule has 0 radical (unpaired) electrons. The molecule has 18 heavy (non-hydrogen) atoms. The highest BCUT2D eigenvalue weighted by Gasteiger charge is 2.20. The number of benzene rings is 1. The van der Waals surface area contributed by atoms with Crippen LogP contribution in [0.4, 0.5) is 11.4 Å². The van der Waals surface area contributed by atoms with Gasteiger partial charge in [0.15, 0.2) is 0 Å². The van der Waals surface area contributed by atoms with Crippen LogP contribution in [0.25, 0.3) is 0 Å². The van der Waals surface area contributed by atoms with Crippen LogP contribution >= 0.6 is 0 Å². The standard InChI is InChI=1S/C13H19N3O2/c1-18-12-5-4-10(7-11(12)14)16-13(17)9-3-2-6-15-8-9/h4-5,7,9,15H,2-3,6,8,14H2,1H3,(H,16,17). The monoisotopic (exact) mass is 249 g/mol. The Morgan fingerprint density at radius 2 is 2.39 bits per heavy atom. The average Bonchev–Trinajstić information content (AvgIpc) is 2.40. The minimum Gasteiger partial charge on any atom is -0.495 e. The first-order chi connectivity index (χ1) is 8.70. The van der Waals surface area contributed by atoms with Gasteiger partial charge in [0.25, 0.3) is 0 Å². The molecule has 0 spiro atoms. The lowest BCUT2D eigenvalue weighted by Gasteiger charge is -2.22. The molecule has 4 N–H and O–H groups in total. The molecule has 1 heterocycles. The molecule has 1 saturated heterocycles. The number of nitrogens with two attached hydrogens (primary N) is 1. The molecule has 0 bridgehead atoms. The number of carbonyl (C=O) groups is 1. The first kappa shape index (κ1) is 12.7. The summed E-state index contributed by atoms with van der Waals surface area (Å²) < 4.78 is 5.07. The zero-order chi connectivity index (χ0) is 13.0. The van der Waals surface area contributed by atoms with Crippen LogP contribution in [0.3, 0.4) is 0 Å². The zero-order valence-corrected chi connectivity index (χ0v) is 10.5. The van der Waals surface area contributed by atoms with E-state index in [-0.39, 0.29) is 11.8 Å². The van der Waals surface area contributed by atoms with Gasteiger partial charge in [-0.2, -0.15) is 0 Å². The number of methoxy groups -OCH3 is 1. The number of amides is 1. The molecule has 2 rings (SSSR count). The van der Waals surface area contributed by atoms with Gasteiger partial charge in [0.1, 0.15) is 5.75 Å². The maximum absolute atomic E-state index is 12.0. The Bertz CT molecular complexity index is 428. The highest BCUT2D eigenvalue weighted by molar-refractivity contribution is 5.93. The second-order valence-electron chi connectivity index (χ2n) is 4.49. The maximum atomic E-state index is 12.0. The van der Waals surface area contributed by atoms with Gasteiger partial charge in [-0.3, -0.25) is 4.79 Å². The molecule has 1 unspecified atom stereocenters. The van der Waals surface area contributed by atoms with Gasteiger partial charge in [0.05, 0.1) is 18.7 Å². The number of piperidine rings is 1. The molecular formula is C13H19N3O2. The minimum atomic E-state index is 0.0436. The van der Waals surface area contributed by atoms with E-state index in [0.29, 0.717) is 17.1 Å².